The van der Waals surface area contributed by atoms with E-state index in [1.165, 1.54) is 30.6 Å². The van der Waals surface area contributed by atoms with E-state index in [2.05, 4.69) is 17.2 Å². The minimum atomic E-state index is -0.148. The summed E-state index contributed by atoms with van der Waals surface area (Å²) in [5.41, 5.74) is 0. The summed E-state index contributed by atoms with van der Waals surface area (Å²) in [5, 5.41) is 3.40. The fraction of sp³-hybridized carbons (Fsp3) is 0.706. The number of unbranched alkanes of at least 4 members (excludes halogenated alkanes) is 4. The summed E-state index contributed by atoms with van der Waals surface area (Å²) in [5.74, 6) is -0.0277. The van der Waals surface area contributed by atoms with Crippen LogP contribution in [0.1, 0.15) is 63.2 Å². The smallest absolute Gasteiger partial charge is 0.245 e. The van der Waals surface area contributed by atoms with Crippen LogP contribution in [0.3, 0.4) is 0 Å². The van der Waals surface area contributed by atoms with Crippen LogP contribution >= 0.6 is 11.3 Å². The van der Waals surface area contributed by atoms with Gasteiger partial charge in [0.2, 0.25) is 11.8 Å². The standard InChI is InChI=1S/C17H27N3O2S/c1-3-4-5-6-7-8-16(22)20(14-9-10-14)12-15(21)19-17-18-11-13(2)23-17/h11,14H,3-10,12H2,1-2H3,(H,18,19,21). The van der Waals surface area contributed by atoms with Crippen LogP contribution < -0.4 is 5.32 Å². The number of rotatable bonds is 10. The average molecular weight is 337 g/mol. The molecule has 1 aromatic rings. The number of hydrogen-bond donors (Lipinski definition) is 1. The van der Waals surface area contributed by atoms with Crippen molar-refractivity contribution in [3.63, 3.8) is 0 Å². The normalized spacial score (nSPS) is 13.8. The van der Waals surface area contributed by atoms with Gasteiger partial charge in [-0.25, -0.2) is 4.98 Å². The van der Waals surface area contributed by atoms with Gasteiger partial charge in [0, 0.05) is 23.5 Å². The fourth-order valence-electron chi connectivity index (χ4n) is 2.56. The predicted molar refractivity (Wildman–Crippen MR) is 93.6 cm³/mol. The van der Waals surface area contributed by atoms with Crippen molar-refractivity contribution in [3.8, 4) is 0 Å². The number of carbonyl (C=O) groups is 2. The third-order valence-corrected chi connectivity index (χ3v) is 4.81. The lowest BCUT2D eigenvalue weighted by Gasteiger charge is -2.21. The second-order valence-electron chi connectivity index (χ2n) is 6.24. The van der Waals surface area contributed by atoms with Crippen molar-refractivity contribution in [1.29, 1.82) is 0 Å². The zero-order valence-electron chi connectivity index (χ0n) is 14.1. The molecule has 0 atom stereocenters. The Morgan fingerprint density at radius 1 is 1.30 bits per heavy atom. The van der Waals surface area contributed by atoms with Crippen LogP contribution in [0.5, 0.6) is 0 Å². The molecule has 0 spiro atoms. The Morgan fingerprint density at radius 2 is 2.04 bits per heavy atom. The lowest BCUT2D eigenvalue weighted by molar-refractivity contribution is -0.135. The van der Waals surface area contributed by atoms with Crippen molar-refractivity contribution >= 4 is 28.3 Å². The maximum Gasteiger partial charge on any atom is 0.245 e. The van der Waals surface area contributed by atoms with Gasteiger partial charge in [-0.3, -0.25) is 9.59 Å². The van der Waals surface area contributed by atoms with Gasteiger partial charge in [-0.15, -0.1) is 11.3 Å². The number of carbonyl (C=O) groups excluding carboxylic acids is 2. The molecule has 0 radical (unpaired) electrons. The molecule has 23 heavy (non-hydrogen) atoms. The Hall–Kier alpha value is -1.43. The maximum absolute atomic E-state index is 12.4. The molecule has 1 aliphatic carbocycles. The summed E-state index contributed by atoms with van der Waals surface area (Å²) in [7, 11) is 0. The van der Waals surface area contributed by atoms with E-state index >= 15 is 0 Å². The first-order valence-corrected chi connectivity index (χ1v) is 9.43. The topological polar surface area (TPSA) is 62.3 Å². The van der Waals surface area contributed by atoms with E-state index in [-0.39, 0.29) is 24.4 Å². The Morgan fingerprint density at radius 3 is 2.65 bits per heavy atom. The summed E-state index contributed by atoms with van der Waals surface area (Å²) in [6, 6.07) is 0.266. The minimum absolute atomic E-state index is 0.120. The highest BCUT2D eigenvalue weighted by molar-refractivity contribution is 7.15. The first kappa shape index (κ1) is 17.9. The van der Waals surface area contributed by atoms with E-state index < -0.39 is 0 Å². The van der Waals surface area contributed by atoms with Gasteiger partial charge in [0.05, 0.1) is 0 Å². The maximum atomic E-state index is 12.4. The van der Waals surface area contributed by atoms with E-state index in [1.807, 2.05) is 6.92 Å². The van der Waals surface area contributed by atoms with Gasteiger partial charge >= 0.3 is 0 Å². The molecular formula is C17H27N3O2S. The average Bonchev–Trinajstić information content (AvgIpc) is 3.27. The van der Waals surface area contributed by atoms with Crippen LogP contribution in [0.25, 0.3) is 0 Å². The van der Waals surface area contributed by atoms with Crippen LogP contribution in [0.15, 0.2) is 6.20 Å². The van der Waals surface area contributed by atoms with Crippen molar-refractivity contribution in [2.75, 3.05) is 11.9 Å². The van der Waals surface area contributed by atoms with Crippen LogP contribution in [-0.2, 0) is 9.59 Å². The van der Waals surface area contributed by atoms with Crippen LogP contribution in [0, 0.1) is 6.92 Å². The van der Waals surface area contributed by atoms with Gasteiger partial charge < -0.3 is 10.2 Å². The lowest BCUT2D eigenvalue weighted by atomic mass is 10.1. The molecule has 128 valence electrons. The summed E-state index contributed by atoms with van der Waals surface area (Å²) < 4.78 is 0. The number of anilines is 1. The molecule has 5 nitrogen and oxygen atoms in total. The molecule has 1 aromatic heterocycles. The highest BCUT2D eigenvalue weighted by atomic mass is 32.1. The zero-order valence-corrected chi connectivity index (χ0v) is 15.0. The number of nitrogens with one attached hydrogen (secondary N) is 1. The first-order valence-electron chi connectivity index (χ1n) is 8.62. The third kappa shape index (κ3) is 6.29. The Bertz CT molecular complexity index is 526. The molecule has 1 heterocycles. The van der Waals surface area contributed by atoms with Crippen molar-refractivity contribution in [2.24, 2.45) is 0 Å². The number of amides is 2. The van der Waals surface area contributed by atoms with Crippen molar-refractivity contribution in [3.05, 3.63) is 11.1 Å². The summed E-state index contributed by atoms with van der Waals surface area (Å²) in [6.45, 7) is 4.28. The second kappa shape index (κ2) is 9.01. The number of hydrogen-bond acceptors (Lipinski definition) is 4. The quantitative estimate of drug-likeness (QED) is 0.662. The first-order chi connectivity index (χ1) is 11.1. The van der Waals surface area contributed by atoms with Gasteiger partial charge in [-0.1, -0.05) is 32.6 Å². The lowest BCUT2D eigenvalue weighted by Crippen LogP contribution is -2.39. The van der Waals surface area contributed by atoms with Crippen LogP contribution in [-0.4, -0.2) is 34.3 Å². The van der Waals surface area contributed by atoms with E-state index in [4.69, 9.17) is 0 Å². The van der Waals surface area contributed by atoms with Gasteiger partial charge in [0.1, 0.15) is 6.54 Å². The molecule has 1 aliphatic rings. The Kier molecular flexibility index (Phi) is 7.02. The van der Waals surface area contributed by atoms with Crippen molar-refractivity contribution in [2.45, 2.75) is 71.3 Å². The van der Waals surface area contributed by atoms with Gasteiger partial charge in [-0.05, 0) is 26.2 Å². The molecular weight excluding hydrogens is 310 g/mol. The molecule has 2 amide bonds. The molecule has 6 heteroatoms. The van der Waals surface area contributed by atoms with E-state index in [9.17, 15) is 9.59 Å². The van der Waals surface area contributed by atoms with Gasteiger partial charge in [0.25, 0.3) is 0 Å². The minimum Gasteiger partial charge on any atom is -0.330 e. The van der Waals surface area contributed by atoms with E-state index in [0.29, 0.717) is 11.6 Å². The number of aryl methyl sites for hydroxylation is 1. The predicted octanol–water partition coefficient (Wildman–Crippen LogP) is 3.74. The van der Waals surface area contributed by atoms with Gasteiger partial charge in [0.15, 0.2) is 5.13 Å². The molecule has 2 rings (SSSR count). The molecule has 1 saturated carbocycles. The van der Waals surface area contributed by atoms with Gasteiger partial charge in [-0.2, -0.15) is 0 Å². The monoisotopic (exact) mass is 337 g/mol. The molecule has 1 N–H and O–H groups in total. The summed E-state index contributed by atoms with van der Waals surface area (Å²) in [4.78, 5) is 31.5. The summed E-state index contributed by atoms with van der Waals surface area (Å²) >= 11 is 1.45. The van der Waals surface area contributed by atoms with Crippen LogP contribution in [0.2, 0.25) is 0 Å². The highest BCUT2D eigenvalue weighted by Crippen LogP contribution is 2.28. The molecule has 0 aromatic carbocycles. The van der Waals surface area contributed by atoms with E-state index in [0.717, 1.165) is 30.6 Å². The Labute approximate surface area is 142 Å². The number of aromatic nitrogens is 1. The molecule has 0 aliphatic heterocycles. The van der Waals surface area contributed by atoms with Crippen molar-refractivity contribution in [1.82, 2.24) is 9.88 Å². The Balaban J connectivity index is 1.76. The fourth-order valence-corrected chi connectivity index (χ4v) is 3.24. The second-order valence-corrected chi connectivity index (χ2v) is 7.48. The highest BCUT2D eigenvalue weighted by Gasteiger charge is 2.33. The molecule has 1 fully saturated rings. The number of thiazole rings is 1. The third-order valence-electron chi connectivity index (χ3n) is 3.98. The SMILES string of the molecule is CCCCCCCC(=O)N(CC(=O)Nc1ncc(C)s1)C1CC1. The molecule has 0 bridgehead atoms. The molecule has 0 unspecified atom stereocenters. The number of nitrogens with zero attached hydrogens (tertiary/aromatic N) is 2. The molecule has 0 saturated heterocycles. The zero-order chi connectivity index (χ0) is 16.7. The largest absolute Gasteiger partial charge is 0.330 e. The summed E-state index contributed by atoms with van der Waals surface area (Å²) in [6.07, 6.45) is 9.99. The van der Waals surface area contributed by atoms with Crippen LogP contribution in [0.4, 0.5) is 5.13 Å². The van der Waals surface area contributed by atoms with Crippen molar-refractivity contribution < 1.29 is 9.59 Å². The van der Waals surface area contributed by atoms with E-state index in [1.54, 1.807) is 11.1 Å².